The van der Waals surface area contributed by atoms with Gasteiger partial charge in [0.05, 0.1) is 11.2 Å². The molecule has 0 atom stereocenters. The molecular formula is C24H30N6S. The van der Waals surface area contributed by atoms with E-state index in [1.54, 1.807) is 11.3 Å². The summed E-state index contributed by atoms with van der Waals surface area (Å²) >= 11 is 1.68. The maximum atomic E-state index is 4.95. The maximum absolute atomic E-state index is 4.95. The zero-order valence-electron chi connectivity index (χ0n) is 19.1. The van der Waals surface area contributed by atoms with Crippen LogP contribution in [0.25, 0.3) is 32.5 Å². The Morgan fingerprint density at radius 1 is 1.03 bits per heavy atom. The van der Waals surface area contributed by atoms with Crippen LogP contribution in [0.5, 0.6) is 0 Å². The number of thiazole rings is 1. The van der Waals surface area contributed by atoms with Crippen LogP contribution >= 0.6 is 11.3 Å². The van der Waals surface area contributed by atoms with Gasteiger partial charge in [-0.1, -0.05) is 17.4 Å². The molecule has 1 saturated heterocycles. The molecule has 0 unspecified atom stereocenters. The molecule has 4 heterocycles. The molecule has 1 N–H and O–H groups in total. The summed E-state index contributed by atoms with van der Waals surface area (Å²) in [6.45, 7) is 9.17. The first-order chi connectivity index (χ1) is 14.6. The van der Waals surface area contributed by atoms with E-state index in [0.29, 0.717) is 6.04 Å². The lowest BCUT2D eigenvalue weighted by Crippen LogP contribution is -2.61. The first-order valence-electron chi connectivity index (χ1n) is 10.8. The number of benzene rings is 1. The summed E-state index contributed by atoms with van der Waals surface area (Å²) in [4.78, 5) is 13.2. The van der Waals surface area contributed by atoms with Gasteiger partial charge in [0, 0.05) is 48.4 Å². The van der Waals surface area contributed by atoms with Gasteiger partial charge in [-0.15, -0.1) is 0 Å². The minimum Gasteiger partial charge on any atom is -0.348 e. The number of aryl methyl sites for hydroxylation is 1. The smallest absolute Gasteiger partial charge is 0.187 e. The summed E-state index contributed by atoms with van der Waals surface area (Å²) in [5.41, 5.74) is 4.25. The Bertz CT molecular complexity index is 1250. The van der Waals surface area contributed by atoms with E-state index in [9.17, 15) is 0 Å². The number of hydrogen-bond donors (Lipinski definition) is 1. The average Bonchev–Trinajstić information content (AvgIpc) is 3.25. The van der Waals surface area contributed by atoms with E-state index in [0.717, 1.165) is 50.5 Å². The minimum absolute atomic E-state index is 0.105. The Labute approximate surface area is 187 Å². The summed E-state index contributed by atoms with van der Waals surface area (Å²) < 4.78 is 1.85. The standard InChI is InChI=1S/C24H30N6S/c1-23(2)12-17(13-24(3,4)28-23)30(6)22-26-20-10-9-18(25-21(20)31-22)15-7-8-19-16(11-15)14-29(5)27-19/h7-11,14,17,28H,12-13H2,1-6H3. The van der Waals surface area contributed by atoms with Crippen molar-refractivity contribution in [2.45, 2.75) is 57.7 Å². The van der Waals surface area contributed by atoms with Crippen LogP contribution in [-0.4, -0.2) is 43.9 Å². The molecule has 3 aromatic heterocycles. The zero-order valence-corrected chi connectivity index (χ0v) is 19.9. The van der Waals surface area contributed by atoms with Gasteiger partial charge in [0.25, 0.3) is 0 Å². The van der Waals surface area contributed by atoms with Crippen molar-refractivity contribution in [1.82, 2.24) is 25.1 Å². The van der Waals surface area contributed by atoms with Gasteiger partial charge in [-0.25, -0.2) is 9.97 Å². The molecule has 5 rings (SSSR count). The van der Waals surface area contributed by atoms with E-state index >= 15 is 0 Å². The minimum atomic E-state index is 0.105. The maximum Gasteiger partial charge on any atom is 0.187 e. The van der Waals surface area contributed by atoms with Crippen molar-refractivity contribution in [1.29, 1.82) is 0 Å². The third-order valence-electron chi connectivity index (χ3n) is 6.18. The number of hydrogen-bond acceptors (Lipinski definition) is 6. The number of pyridine rings is 1. The lowest BCUT2D eigenvalue weighted by atomic mass is 9.79. The fourth-order valence-corrected chi connectivity index (χ4v) is 6.10. The fourth-order valence-electron chi connectivity index (χ4n) is 5.12. The number of anilines is 1. The first-order valence-corrected chi connectivity index (χ1v) is 11.6. The quantitative estimate of drug-likeness (QED) is 0.492. The second-order valence-corrected chi connectivity index (χ2v) is 11.1. The van der Waals surface area contributed by atoms with Crippen molar-refractivity contribution in [2.24, 2.45) is 7.05 Å². The Kier molecular flexibility index (Phi) is 4.61. The van der Waals surface area contributed by atoms with E-state index < -0.39 is 0 Å². The van der Waals surface area contributed by atoms with Crippen LogP contribution in [0.3, 0.4) is 0 Å². The monoisotopic (exact) mass is 434 g/mol. The molecule has 0 spiro atoms. The largest absolute Gasteiger partial charge is 0.348 e. The molecule has 6 nitrogen and oxygen atoms in total. The van der Waals surface area contributed by atoms with Crippen LogP contribution in [-0.2, 0) is 7.05 Å². The summed E-state index contributed by atoms with van der Waals surface area (Å²) in [6, 6.07) is 10.9. The lowest BCUT2D eigenvalue weighted by molar-refractivity contribution is 0.161. The summed E-state index contributed by atoms with van der Waals surface area (Å²) in [7, 11) is 4.13. The highest BCUT2D eigenvalue weighted by Crippen LogP contribution is 2.36. The van der Waals surface area contributed by atoms with Gasteiger partial charge in [0.15, 0.2) is 5.13 Å². The van der Waals surface area contributed by atoms with Crippen LogP contribution in [0.4, 0.5) is 5.13 Å². The molecule has 4 aromatic rings. The van der Waals surface area contributed by atoms with Crippen LogP contribution < -0.4 is 10.2 Å². The number of nitrogens with zero attached hydrogens (tertiary/aromatic N) is 5. The number of nitrogens with one attached hydrogen (secondary N) is 1. The van der Waals surface area contributed by atoms with Gasteiger partial charge < -0.3 is 10.2 Å². The summed E-state index contributed by atoms with van der Waals surface area (Å²) in [5, 5.41) is 10.4. The lowest BCUT2D eigenvalue weighted by Gasteiger charge is -2.48. The van der Waals surface area contributed by atoms with Crippen molar-refractivity contribution in [3.8, 4) is 11.3 Å². The number of fused-ring (bicyclic) bond motifs is 2. The molecule has 1 aliphatic rings. The third kappa shape index (κ3) is 3.92. The Hall–Kier alpha value is -2.51. The second-order valence-electron chi connectivity index (χ2n) is 10.2. The van der Waals surface area contributed by atoms with Crippen LogP contribution in [0, 0.1) is 0 Å². The average molecular weight is 435 g/mol. The molecule has 1 aliphatic heterocycles. The molecule has 0 radical (unpaired) electrons. The number of piperidine rings is 1. The van der Waals surface area contributed by atoms with E-state index in [1.807, 2.05) is 17.9 Å². The van der Waals surface area contributed by atoms with Gasteiger partial charge in [0.1, 0.15) is 10.3 Å². The highest BCUT2D eigenvalue weighted by molar-refractivity contribution is 7.21. The summed E-state index contributed by atoms with van der Waals surface area (Å²) in [5.74, 6) is 0. The molecule has 0 aliphatic carbocycles. The van der Waals surface area contributed by atoms with Crippen LogP contribution in [0.15, 0.2) is 36.5 Å². The van der Waals surface area contributed by atoms with Crippen molar-refractivity contribution in [3.05, 3.63) is 36.5 Å². The topological polar surface area (TPSA) is 58.9 Å². The molecule has 1 fully saturated rings. The van der Waals surface area contributed by atoms with Crippen molar-refractivity contribution in [2.75, 3.05) is 11.9 Å². The molecule has 1 aromatic carbocycles. The van der Waals surface area contributed by atoms with Crippen LogP contribution in [0.1, 0.15) is 40.5 Å². The number of rotatable bonds is 3. The third-order valence-corrected chi connectivity index (χ3v) is 7.23. The van der Waals surface area contributed by atoms with E-state index in [-0.39, 0.29) is 11.1 Å². The highest BCUT2D eigenvalue weighted by Gasteiger charge is 2.39. The van der Waals surface area contributed by atoms with E-state index in [4.69, 9.17) is 9.97 Å². The molecular weight excluding hydrogens is 404 g/mol. The Morgan fingerprint density at radius 3 is 2.48 bits per heavy atom. The molecule has 0 bridgehead atoms. The fraction of sp³-hybridized carbons (Fsp3) is 0.458. The number of aromatic nitrogens is 4. The van der Waals surface area contributed by atoms with Gasteiger partial charge >= 0.3 is 0 Å². The van der Waals surface area contributed by atoms with Crippen molar-refractivity contribution in [3.63, 3.8) is 0 Å². The van der Waals surface area contributed by atoms with Gasteiger partial charge in [-0.05, 0) is 64.8 Å². The van der Waals surface area contributed by atoms with Crippen molar-refractivity contribution < 1.29 is 0 Å². The predicted molar refractivity (Wildman–Crippen MR) is 130 cm³/mol. The molecule has 0 saturated carbocycles. The van der Waals surface area contributed by atoms with Crippen LogP contribution in [0.2, 0.25) is 0 Å². The molecule has 31 heavy (non-hydrogen) atoms. The second kappa shape index (κ2) is 7.00. The van der Waals surface area contributed by atoms with E-state index in [1.165, 1.54) is 0 Å². The highest BCUT2D eigenvalue weighted by atomic mass is 32.1. The predicted octanol–water partition coefficient (Wildman–Crippen LogP) is 4.99. The van der Waals surface area contributed by atoms with Gasteiger partial charge in [-0.2, -0.15) is 5.10 Å². The Balaban J connectivity index is 1.46. The SMILES string of the molecule is CN(c1nc2ccc(-c3ccc4nn(C)cc4c3)nc2s1)C1CC(C)(C)NC(C)(C)C1. The van der Waals surface area contributed by atoms with Gasteiger partial charge in [0.2, 0.25) is 0 Å². The molecule has 7 heteroatoms. The molecule has 162 valence electrons. The van der Waals surface area contributed by atoms with Gasteiger partial charge in [-0.3, -0.25) is 4.68 Å². The Morgan fingerprint density at radius 2 is 1.74 bits per heavy atom. The van der Waals surface area contributed by atoms with E-state index in [2.05, 4.69) is 80.4 Å². The normalized spacial score (nSPS) is 18.6. The first kappa shape index (κ1) is 20.4. The summed E-state index contributed by atoms with van der Waals surface area (Å²) in [6.07, 6.45) is 4.22. The molecule has 0 amide bonds. The zero-order chi connectivity index (χ0) is 22.0. The van der Waals surface area contributed by atoms with Crippen molar-refractivity contribution >= 4 is 37.7 Å².